The number of nitrogens with zero attached hydrogens (tertiary/aromatic N) is 3. The molecule has 208 valence electrons. The highest BCUT2D eigenvalue weighted by atomic mass is 16.1. The summed E-state index contributed by atoms with van der Waals surface area (Å²) >= 11 is 0. The van der Waals surface area contributed by atoms with Gasteiger partial charge in [-0.15, -0.1) is 0 Å². The van der Waals surface area contributed by atoms with Crippen molar-refractivity contribution in [3.8, 4) is 0 Å². The maximum Gasteiger partial charge on any atom is 0.273 e. The van der Waals surface area contributed by atoms with Crippen LogP contribution in [0, 0.1) is 5.92 Å². The number of carbonyl (C=O) groups is 2. The Bertz CT molecular complexity index is 953. The van der Waals surface area contributed by atoms with Crippen molar-refractivity contribution >= 4 is 29.4 Å². The number of aliphatic imine (C=N–C) groups is 1. The number of nitrogens with one attached hydrogen (secondary N) is 2. The van der Waals surface area contributed by atoms with Gasteiger partial charge in [0.1, 0.15) is 17.8 Å². The molecule has 38 heavy (non-hydrogen) atoms. The smallest absolute Gasteiger partial charge is 0.273 e. The summed E-state index contributed by atoms with van der Waals surface area (Å²) in [5, 5.41) is 6.34. The lowest BCUT2D eigenvalue weighted by molar-refractivity contribution is -0.110. The molecule has 1 fully saturated rings. The van der Waals surface area contributed by atoms with Crippen LogP contribution in [0.4, 0.5) is 11.5 Å². The van der Waals surface area contributed by atoms with Crippen molar-refractivity contribution in [2.24, 2.45) is 16.6 Å². The van der Waals surface area contributed by atoms with E-state index in [0.29, 0.717) is 23.9 Å². The molecule has 0 unspecified atom stereocenters. The average molecular weight is 523 g/mol. The maximum absolute atomic E-state index is 12.5. The zero-order valence-corrected chi connectivity index (χ0v) is 23.7. The first-order chi connectivity index (χ1) is 18.6. The zero-order valence-electron chi connectivity index (χ0n) is 23.7. The van der Waals surface area contributed by atoms with Crippen molar-refractivity contribution < 1.29 is 9.59 Å². The molecule has 2 heterocycles. The van der Waals surface area contributed by atoms with Gasteiger partial charge < -0.3 is 21.3 Å². The minimum Gasteiger partial charge on any atom is -0.385 e. The summed E-state index contributed by atoms with van der Waals surface area (Å²) in [7, 11) is 1.50. The first-order valence-electron chi connectivity index (χ1n) is 13.2. The third-order valence-corrected chi connectivity index (χ3v) is 5.38. The number of pyridine rings is 1. The normalized spacial score (nSPS) is 14.5. The van der Waals surface area contributed by atoms with Crippen LogP contribution >= 0.6 is 0 Å². The van der Waals surface area contributed by atoms with Crippen LogP contribution in [0.15, 0.2) is 84.2 Å². The Morgan fingerprint density at radius 1 is 1.16 bits per heavy atom. The molecule has 0 saturated carbocycles. The zero-order chi connectivity index (χ0) is 28.6. The first kappa shape index (κ1) is 34.2. The topological polar surface area (TPSA) is 113 Å². The summed E-state index contributed by atoms with van der Waals surface area (Å²) in [5.41, 5.74) is 6.54. The second-order valence-corrected chi connectivity index (χ2v) is 7.75. The largest absolute Gasteiger partial charge is 0.385 e. The number of piperidine rings is 1. The molecule has 2 rings (SSSR count). The van der Waals surface area contributed by atoms with E-state index >= 15 is 0 Å². The van der Waals surface area contributed by atoms with Gasteiger partial charge in [0.05, 0.1) is 11.9 Å². The second-order valence-electron chi connectivity index (χ2n) is 7.75. The van der Waals surface area contributed by atoms with Crippen molar-refractivity contribution in [3.63, 3.8) is 0 Å². The minimum absolute atomic E-state index is 0.266. The molecule has 8 heteroatoms. The van der Waals surface area contributed by atoms with E-state index in [0.717, 1.165) is 50.3 Å². The van der Waals surface area contributed by atoms with E-state index < -0.39 is 0 Å². The highest BCUT2D eigenvalue weighted by molar-refractivity contribution is 6.47. The predicted octanol–water partition coefficient (Wildman–Crippen LogP) is 4.85. The third-order valence-electron chi connectivity index (χ3n) is 5.38. The van der Waals surface area contributed by atoms with Crippen LogP contribution in [0.1, 0.15) is 40.5 Å². The fourth-order valence-corrected chi connectivity index (χ4v) is 3.53. The number of aromatic nitrogens is 1. The number of amides is 1. The second kappa shape index (κ2) is 22.4. The van der Waals surface area contributed by atoms with Crippen LogP contribution in [-0.2, 0) is 9.59 Å². The van der Waals surface area contributed by atoms with Gasteiger partial charge in [-0.25, -0.2) is 4.98 Å². The molecule has 1 aromatic rings. The molecule has 8 nitrogen and oxygen atoms in total. The molecule has 1 aromatic heterocycles. The van der Waals surface area contributed by atoms with Gasteiger partial charge in [0.2, 0.25) is 0 Å². The fraction of sp³-hybridized carbons (Fsp3) is 0.400. The van der Waals surface area contributed by atoms with E-state index in [9.17, 15) is 9.59 Å². The summed E-state index contributed by atoms with van der Waals surface area (Å²) in [5.74, 6) is 1.24. The lowest BCUT2D eigenvalue weighted by atomic mass is 9.96. The highest BCUT2D eigenvalue weighted by Crippen LogP contribution is 2.22. The van der Waals surface area contributed by atoms with Crippen LogP contribution in [0.25, 0.3) is 0 Å². The number of nitrogens with two attached hydrogens (primary N) is 1. The van der Waals surface area contributed by atoms with E-state index in [1.54, 1.807) is 30.5 Å². The van der Waals surface area contributed by atoms with Gasteiger partial charge >= 0.3 is 0 Å². The van der Waals surface area contributed by atoms with Crippen molar-refractivity contribution in [2.75, 3.05) is 43.4 Å². The minimum atomic E-state index is -0.266. The molecule has 0 atom stereocenters. The average Bonchev–Trinajstić information content (AvgIpc) is 2.97. The number of hydrogen-bond donors (Lipinski definition) is 3. The lowest BCUT2D eigenvalue weighted by Gasteiger charge is -2.33. The quantitative estimate of drug-likeness (QED) is 0.157. The molecule has 1 aliphatic heterocycles. The number of hydrogen-bond acceptors (Lipinski definition) is 7. The van der Waals surface area contributed by atoms with Crippen LogP contribution in [-0.4, -0.2) is 56.1 Å². The number of carbonyl (C=O) groups excluding carboxylic acids is 2. The van der Waals surface area contributed by atoms with Crippen LogP contribution in [0.5, 0.6) is 0 Å². The maximum atomic E-state index is 12.5. The molecule has 0 aliphatic carbocycles. The molecule has 1 aliphatic rings. The van der Waals surface area contributed by atoms with Gasteiger partial charge in [0.25, 0.3) is 5.91 Å². The number of anilines is 2. The number of rotatable bonds is 12. The standard InChI is InChI=1S/C27H35N5O2.C2H6.CH5N/c1-4-7-12-25(28-6-3)27(34)31-24-13-14-26(30-21-24)32-17-15-22(16-18-32)20-29-23(5-2)11-9-8-10-19-33;2*1-2/h4-5,7-14,19,21-22,29H,1,6,15-18,20H2,2-3H3,(H,31,34);1-2H3;2H2,1H3/b10-8+,11-9-,12-7-,23-5+,28-25?;;. The summed E-state index contributed by atoms with van der Waals surface area (Å²) in [6.45, 7) is 14.8. The summed E-state index contributed by atoms with van der Waals surface area (Å²) in [4.78, 5) is 33.8. The highest BCUT2D eigenvalue weighted by Gasteiger charge is 2.20. The number of allylic oxidation sites excluding steroid dienone is 7. The molecular weight excluding hydrogens is 476 g/mol. The molecule has 0 bridgehead atoms. The van der Waals surface area contributed by atoms with Gasteiger partial charge in [-0.2, -0.15) is 0 Å². The van der Waals surface area contributed by atoms with E-state index in [2.05, 4.69) is 37.8 Å². The van der Waals surface area contributed by atoms with Gasteiger partial charge in [0, 0.05) is 31.9 Å². The van der Waals surface area contributed by atoms with Crippen molar-refractivity contribution in [3.05, 3.63) is 79.2 Å². The Balaban J connectivity index is 0.00000326. The van der Waals surface area contributed by atoms with Crippen molar-refractivity contribution in [1.82, 2.24) is 10.3 Å². The molecule has 1 amide bonds. The lowest BCUT2D eigenvalue weighted by Crippen LogP contribution is -2.37. The predicted molar refractivity (Wildman–Crippen MR) is 163 cm³/mol. The molecular formula is C30H46N6O2. The Hall–Kier alpha value is -3.78. The Morgan fingerprint density at radius 2 is 1.87 bits per heavy atom. The van der Waals surface area contributed by atoms with Crippen LogP contribution in [0.3, 0.4) is 0 Å². The Labute approximate surface area is 229 Å². The molecule has 0 radical (unpaired) electrons. The fourth-order valence-electron chi connectivity index (χ4n) is 3.53. The monoisotopic (exact) mass is 522 g/mol. The Morgan fingerprint density at radius 3 is 2.42 bits per heavy atom. The van der Waals surface area contributed by atoms with E-state index in [1.807, 2.05) is 58.1 Å². The summed E-state index contributed by atoms with van der Waals surface area (Å²) in [6, 6.07) is 3.82. The molecule has 0 spiro atoms. The third kappa shape index (κ3) is 13.5. The Kier molecular flexibility index (Phi) is 20.2. The molecule has 0 aromatic carbocycles. The summed E-state index contributed by atoms with van der Waals surface area (Å²) < 4.78 is 0. The van der Waals surface area contributed by atoms with Gasteiger partial charge in [-0.1, -0.05) is 50.8 Å². The van der Waals surface area contributed by atoms with E-state index in [-0.39, 0.29) is 5.91 Å². The molecule has 4 N–H and O–H groups in total. The van der Waals surface area contributed by atoms with E-state index in [1.165, 1.54) is 13.1 Å². The van der Waals surface area contributed by atoms with Gasteiger partial charge in [-0.3, -0.25) is 14.6 Å². The van der Waals surface area contributed by atoms with Gasteiger partial charge in [0.15, 0.2) is 0 Å². The van der Waals surface area contributed by atoms with Gasteiger partial charge in [-0.05, 0) is 70.0 Å². The van der Waals surface area contributed by atoms with Crippen LogP contribution < -0.4 is 21.3 Å². The van der Waals surface area contributed by atoms with E-state index in [4.69, 9.17) is 0 Å². The summed E-state index contributed by atoms with van der Waals surface area (Å²) in [6.07, 6.45) is 18.6. The molecule has 1 saturated heterocycles. The van der Waals surface area contributed by atoms with Crippen LogP contribution in [0.2, 0.25) is 0 Å². The SMILES string of the molecule is C=C/C=C\C(=NCC)C(=O)Nc1ccc(N2CCC(CNC(/C=C\C=C\C=O)=C/C)CC2)nc1.CC.CN. The van der Waals surface area contributed by atoms with Crippen molar-refractivity contribution in [2.45, 2.75) is 40.5 Å². The first-order valence-corrected chi connectivity index (χ1v) is 13.2. The van der Waals surface area contributed by atoms with Crippen molar-refractivity contribution in [1.29, 1.82) is 0 Å². The number of aldehydes is 1.